The summed E-state index contributed by atoms with van der Waals surface area (Å²) in [5.74, 6) is -0.779. The number of carbonyl (C=O) groups is 1. The molecule has 0 aliphatic carbocycles. The summed E-state index contributed by atoms with van der Waals surface area (Å²) in [5, 5.41) is 2.81. The monoisotopic (exact) mass is 388 g/mol. The Morgan fingerprint density at radius 1 is 1.19 bits per heavy atom. The average Bonchev–Trinajstić information content (AvgIpc) is 2.65. The van der Waals surface area contributed by atoms with Gasteiger partial charge in [-0.2, -0.15) is 4.31 Å². The van der Waals surface area contributed by atoms with E-state index in [4.69, 9.17) is 9.47 Å². The van der Waals surface area contributed by atoms with Crippen LogP contribution in [0.15, 0.2) is 29.2 Å². The van der Waals surface area contributed by atoms with E-state index in [0.29, 0.717) is 39.2 Å². The smallest absolute Gasteiger partial charge is 0.243 e. The SMILES string of the molecule is COCCOCCNC(=O)C1CCN(S(=O)(=O)c2ccc(F)cc2)CC1. The van der Waals surface area contributed by atoms with Gasteiger partial charge < -0.3 is 14.8 Å². The fraction of sp³-hybridized carbons (Fsp3) is 0.588. The van der Waals surface area contributed by atoms with Crippen LogP contribution in [0.2, 0.25) is 0 Å². The highest BCUT2D eigenvalue weighted by Crippen LogP contribution is 2.24. The first-order chi connectivity index (χ1) is 12.4. The summed E-state index contributed by atoms with van der Waals surface area (Å²) >= 11 is 0. The minimum Gasteiger partial charge on any atom is -0.382 e. The molecule has 0 bridgehead atoms. The molecule has 1 aromatic rings. The summed E-state index contributed by atoms with van der Waals surface area (Å²) < 4.78 is 49.6. The summed E-state index contributed by atoms with van der Waals surface area (Å²) in [5.41, 5.74) is 0. The largest absolute Gasteiger partial charge is 0.382 e. The fourth-order valence-corrected chi connectivity index (χ4v) is 4.22. The third kappa shape index (κ3) is 5.73. The molecule has 7 nitrogen and oxygen atoms in total. The van der Waals surface area contributed by atoms with Gasteiger partial charge in [0.1, 0.15) is 5.82 Å². The summed E-state index contributed by atoms with van der Waals surface area (Å²) in [4.78, 5) is 12.2. The van der Waals surface area contributed by atoms with E-state index in [-0.39, 0.29) is 29.8 Å². The third-order valence-corrected chi connectivity index (χ3v) is 6.17. The minimum atomic E-state index is -3.65. The van der Waals surface area contributed by atoms with E-state index in [1.807, 2.05) is 0 Å². The number of hydrogen-bond acceptors (Lipinski definition) is 5. The normalized spacial score (nSPS) is 16.5. The Kier molecular flexibility index (Phi) is 7.95. The van der Waals surface area contributed by atoms with Gasteiger partial charge in [-0.25, -0.2) is 12.8 Å². The molecule has 0 spiro atoms. The van der Waals surface area contributed by atoms with Gasteiger partial charge in [0.25, 0.3) is 0 Å². The highest BCUT2D eigenvalue weighted by atomic mass is 32.2. The number of halogens is 1. The zero-order valence-electron chi connectivity index (χ0n) is 14.8. The van der Waals surface area contributed by atoms with Crippen LogP contribution in [0.4, 0.5) is 4.39 Å². The Morgan fingerprint density at radius 2 is 1.85 bits per heavy atom. The van der Waals surface area contributed by atoms with Gasteiger partial charge in [0.15, 0.2) is 0 Å². The van der Waals surface area contributed by atoms with Gasteiger partial charge in [-0.15, -0.1) is 0 Å². The maximum Gasteiger partial charge on any atom is 0.243 e. The molecule has 146 valence electrons. The molecule has 1 heterocycles. The Hall–Kier alpha value is -1.55. The van der Waals surface area contributed by atoms with Crippen molar-refractivity contribution in [2.24, 2.45) is 5.92 Å². The van der Waals surface area contributed by atoms with Crippen molar-refractivity contribution in [1.29, 1.82) is 0 Å². The summed E-state index contributed by atoms with van der Waals surface area (Å²) in [7, 11) is -2.06. The number of nitrogens with one attached hydrogen (secondary N) is 1. The highest BCUT2D eigenvalue weighted by Gasteiger charge is 2.31. The lowest BCUT2D eigenvalue weighted by atomic mass is 9.97. The number of ether oxygens (including phenoxy) is 2. The van der Waals surface area contributed by atoms with E-state index in [2.05, 4.69) is 5.32 Å². The molecule has 26 heavy (non-hydrogen) atoms. The topological polar surface area (TPSA) is 84.9 Å². The van der Waals surface area contributed by atoms with Gasteiger partial charge in [-0.3, -0.25) is 4.79 Å². The second-order valence-electron chi connectivity index (χ2n) is 6.03. The Morgan fingerprint density at radius 3 is 2.46 bits per heavy atom. The average molecular weight is 388 g/mol. The molecule has 0 atom stereocenters. The maximum absolute atomic E-state index is 13.0. The Balaban J connectivity index is 1.77. The van der Waals surface area contributed by atoms with Crippen molar-refractivity contribution in [2.45, 2.75) is 17.7 Å². The molecule has 0 saturated carbocycles. The predicted octanol–water partition coefficient (Wildman–Crippen LogP) is 1.01. The van der Waals surface area contributed by atoms with Crippen LogP contribution in [-0.2, 0) is 24.3 Å². The third-order valence-electron chi connectivity index (χ3n) is 4.25. The van der Waals surface area contributed by atoms with Crippen LogP contribution in [0.25, 0.3) is 0 Å². The van der Waals surface area contributed by atoms with Crippen LogP contribution in [-0.4, -0.2) is 65.2 Å². The number of carbonyl (C=O) groups excluding carboxylic acids is 1. The van der Waals surface area contributed by atoms with E-state index in [0.717, 1.165) is 12.1 Å². The lowest BCUT2D eigenvalue weighted by Crippen LogP contribution is -2.43. The zero-order chi connectivity index (χ0) is 19.0. The van der Waals surface area contributed by atoms with Crippen LogP contribution < -0.4 is 5.32 Å². The highest BCUT2D eigenvalue weighted by molar-refractivity contribution is 7.89. The lowest BCUT2D eigenvalue weighted by Gasteiger charge is -2.30. The molecule has 0 aromatic heterocycles. The number of methoxy groups -OCH3 is 1. The number of nitrogens with zero attached hydrogens (tertiary/aromatic N) is 1. The number of hydrogen-bond donors (Lipinski definition) is 1. The van der Waals surface area contributed by atoms with Crippen molar-refractivity contribution >= 4 is 15.9 Å². The van der Waals surface area contributed by atoms with E-state index in [9.17, 15) is 17.6 Å². The number of amides is 1. The van der Waals surface area contributed by atoms with Gasteiger partial charge >= 0.3 is 0 Å². The quantitative estimate of drug-likeness (QED) is 0.638. The molecular weight excluding hydrogens is 363 g/mol. The zero-order valence-corrected chi connectivity index (χ0v) is 15.6. The minimum absolute atomic E-state index is 0.0648. The summed E-state index contributed by atoms with van der Waals surface area (Å²) in [6, 6.07) is 4.77. The van der Waals surface area contributed by atoms with Gasteiger partial charge in [0, 0.05) is 32.7 Å². The molecule has 0 unspecified atom stereocenters. The maximum atomic E-state index is 13.0. The summed E-state index contributed by atoms with van der Waals surface area (Å²) in [6.45, 7) is 2.34. The molecule has 1 saturated heterocycles. The molecule has 1 aliphatic rings. The van der Waals surface area contributed by atoms with Crippen molar-refractivity contribution in [2.75, 3.05) is 46.6 Å². The second-order valence-corrected chi connectivity index (χ2v) is 7.97. The molecular formula is C17H25FN2O5S. The van der Waals surface area contributed by atoms with Crippen LogP contribution in [0, 0.1) is 11.7 Å². The van der Waals surface area contributed by atoms with Gasteiger partial charge in [-0.1, -0.05) is 0 Å². The van der Waals surface area contributed by atoms with Crippen LogP contribution >= 0.6 is 0 Å². The molecule has 1 aliphatic heterocycles. The van der Waals surface area contributed by atoms with Crippen molar-refractivity contribution in [3.05, 3.63) is 30.1 Å². The van der Waals surface area contributed by atoms with E-state index in [1.54, 1.807) is 7.11 Å². The number of sulfonamides is 1. The van der Waals surface area contributed by atoms with Crippen LogP contribution in [0.3, 0.4) is 0 Å². The van der Waals surface area contributed by atoms with Gasteiger partial charge in [0.05, 0.1) is 24.7 Å². The molecule has 1 aromatic carbocycles. The predicted molar refractivity (Wildman–Crippen MR) is 93.6 cm³/mol. The fourth-order valence-electron chi connectivity index (χ4n) is 2.75. The number of benzene rings is 1. The van der Waals surface area contributed by atoms with E-state index < -0.39 is 15.8 Å². The van der Waals surface area contributed by atoms with E-state index >= 15 is 0 Å². The molecule has 1 fully saturated rings. The van der Waals surface area contributed by atoms with Crippen LogP contribution in [0.1, 0.15) is 12.8 Å². The first kappa shape index (κ1) is 20.8. The summed E-state index contributed by atoms with van der Waals surface area (Å²) in [6.07, 6.45) is 0.910. The second kappa shape index (κ2) is 9.96. The van der Waals surface area contributed by atoms with Crippen LogP contribution in [0.5, 0.6) is 0 Å². The Bertz CT molecular complexity index is 673. The molecule has 1 amide bonds. The van der Waals surface area contributed by atoms with Crippen molar-refractivity contribution in [3.8, 4) is 0 Å². The first-order valence-electron chi connectivity index (χ1n) is 8.55. The first-order valence-corrected chi connectivity index (χ1v) is 9.99. The molecule has 9 heteroatoms. The van der Waals surface area contributed by atoms with Gasteiger partial charge in [0.2, 0.25) is 15.9 Å². The number of piperidine rings is 1. The number of rotatable bonds is 9. The van der Waals surface area contributed by atoms with Crippen molar-refractivity contribution in [1.82, 2.24) is 9.62 Å². The standard InChI is InChI=1S/C17H25FN2O5S/c1-24-12-13-25-11-8-19-17(21)14-6-9-20(10-7-14)26(22,23)16-4-2-15(18)3-5-16/h2-5,14H,6-13H2,1H3,(H,19,21). The van der Waals surface area contributed by atoms with E-state index in [1.165, 1.54) is 16.4 Å². The Labute approximate surface area is 153 Å². The van der Waals surface area contributed by atoms with Crippen molar-refractivity contribution < 1.29 is 27.1 Å². The molecule has 0 radical (unpaired) electrons. The van der Waals surface area contributed by atoms with Crippen molar-refractivity contribution in [3.63, 3.8) is 0 Å². The molecule has 1 N–H and O–H groups in total. The lowest BCUT2D eigenvalue weighted by molar-refractivity contribution is -0.126. The van der Waals surface area contributed by atoms with Gasteiger partial charge in [-0.05, 0) is 37.1 Å². The molecule has 2 rings (SSSR count).